The number of nitrogens with zero attached hydrogens (tertiary/aromatic N) is 3. The lowest BCUT2D eigenvalue weighted by Gasteiger charge is -2.33. The quantitative estimate of drug-likeness (QED) is 0.547. The van der Waals surface area contributed by atoms with E-state index in [1.165, 1.54) is 24.8 Å². The topological polar surface area (TPSA) is 60.0 Å². The zero-order valence-corrected chi connectivity index (χ0v) is 18.1. The van der Waals surface area contributed by atoms with Crippen molar-refractivity contribution in [2.75, 3.05) is 33.2 Å². The van der Waals surface area contributed by atoms with Crippen molar-refractivity contribution in [3.63, 3.8) is 0 Å². The second-order valence-electron chi connectivity index (χ2n) is 8.31. The van der Waals surface area contributed by atoms with Crippen molar-refractivity contribution in [1.82, 2.24) is 20.4 Å². The van der Waals surface area contributed by atoms with Crippen molar-refractivity contribution < 1.29 is 4.79 Å². The Kier molecular flexibility index (Phi) is 8.35. The van der Waals surface area contributed by atoms with Crippen molar-refractivity contribution >= 4 is 11.9 Å². The number of carbonyl (C=O) groups excluding carboxylic acids is 1. The molecule has 1 amide bonds. The summed E-state index contributed by atoms with van der Waals surface area (Å²) in [6, 6.07) is 11.6. The molecule has 2 unspecified atom stereocenters. The van der Waals surface area contributed by atoms with Crippen LogP contribution in [0.4, 0.5) is 0 Å². The summed E-state index contributed by atoms with van der Waals surface area (Å²) in [4.78, 5) is 21.4. The van der Waals surface area contributed by atoms with E-state index in [4.69, 9.17) is 0 Å². The highest BCUT2D eigenvalue weighted by atomic mass is 16.2. The lowest BCUT2D eigenvalue weighted by Crippen LogP contribution is -2.46. The Labute approximate surface area is 175 Å². The standard InChI is InChI=1S/C23H37N5O/c1-19-9-6-7-16-28(19)22(29)13-14-25-23(24-2)26-17-21-12-8-15-27(21)18-20-10-4-3-5-11-20/h3-5,10-11,19,21H,6-9,12-18H2,1-2H3,(H2,24,25,26). The van der Waals surface area contributed by atoms with Crippen LogP contribution >= 0.6 is 0 Å². The van der Waals surface area contributed by atoms with E-state index in [1.807, 2.05) is 4.90 Å². The molecule has 0 aromatic heterocycles. The van der Waals surface area contributed by atoms with Gasteiger partial charge in [-0.2, -0.15) is 0 Å². The molecule has 3 rings (SSSR count). The molecule has 1 aromatic carbocycles. The SMILES string of the molecule is CN=C(NCCC(=O)N1CCCCC1C)NCC1CCCN1Cc1ccccc1. The number of nitrogens with one attached hydrogen (secondary N) is 2. The highest BCUT2D eigenvalue weighted by Gasteiger charge is 2.25. The summed E-state index contributed by atoms with van der Waals surface area (Å²) >= 11 is 0. The largest absolute Gasteiger partial charge is 0.356 e. The second-order valence-corrected chi connectivity index (χ2v) is 8.31. The highest BCUT2D eigenvalue weighted by molar-refractivity contribution is 5.81. The zero-order chi connectivity index (χ0) is 20.5. The average molecular weight is 400 g/mol. The second kappa shape index (κ2) is 11.2. The first kappa shape index (κ1) is 21.6. The summed E-state index contributed by atoms with van der Waals surface area (Å²) in [6.45, 7) is 6.72. The molecular weight excluding hydrogens is 362 g/mol. The molecule has 0 radical (unpaired) electrons. The van der Waals surface area contributed by atoms with E-state index in [9.17, 15) is 4.79 Å². The number of benzene rings is 1. The predicted octanol–water partition coefficient (Wildman–Crippen LogP) is 2.61. The van der Waals surface area contributed by atoms with E-state index in [-0.39, 0.29) is 5.91 Å². The van der Waals surface area contributed by atoms with Crippen molar-refractivity contribution in [2.24, 2.45) is 4.99 Å². The molecule has 2 atom stereocenters. The third-order valence-corrected chi connectivity index (χ3v) is 6.21. The summed E-state index contributed by atoms with van der Waals surface area (Å²) in [5, 5.41) is 6.78. The van der Waals surface area contributed by atoms with Crippen LogP contribution in [0.1, 0.15) is 51.0 Å². The van der Waals surface area contributed by atoms with Gasteiger partial charge in [-0.05, 0) is 51.1 Å². The lowest BCUT2D eigenvalue weighted by molar-refractivity contribution is -0.134. The smallest absolute Gasteiger partial charge is 0.224 e. The normalized spacial score (nSPS) is 23.2. The molecule has 0 bridgehead atoms. The fraction of sp³-hybridized carbons (Fsp3) is 0.652. The number of aliphatic imine (C=N–C) groups is 1. The Balaban J connectivity index is 1.39. The van der Waals surface area contributed by atoms with Crippen molar-refractivity contribution in [1.29, 1.82) is 0 Å². The van der Waals surface area contributed by atoms with Gasteiger partial charge in [0.15, 0.2) is 5.96 Å². The molecule has 2 aliphatic rings. The van der Waals surface area contributed by atoms with Gasteiger partial charge >= 0.3 is 0 Å². The highest BCUT2D eigenvalue weighted by Crippen LogP contribution is 2.19. The first-order valence-electron chi connectivity index (χ1n) is 11.2. The Morgan fingerprint density at radius 2 is 1.93 bits per heavy atom. The molecule has 2 fully saturated rings. The fourth-order valence-electron chi connectivity index (χ4n) is 4.49. The number of carbonyl (C=O) groups is 1. The van der Waals surface area contributed by atoms with Crippen LogP contribution in [0.5, 0.6) is 0 Å². The maximum absolute atomic E-state index is 12.5. The summed E-state index contributed by atoms with van der Waals surface area (Å²) in [5.74, 6) is 1.04. The number of likely N-dealkylation sites (tertiary alicyclic amines) is 2. The van der Waals surface area contributed by atoms with Crippen molar-refractivity contribution in [2.45, 2.75) is 64.1 Å². The van der Waals surface area contributed by atoms with Crippen molar-refractivity contribution in [3.05, 3.63) is 35.9 Å². The van der Waals surface area contributed by atoms with E-state index in [1.54, 1.807) is 7.05 Å². The number of hydrogen-bond donors (Lipinski definition) is 2. The Bertz CT molecular complexity index is 662. The van der Waals surface area contributed by atoms with E-state index in [0.717, 1.165) is 45.0 Å². The maximum atomic E-state index is 12.5. The van der Waals surface area contributed by atoms with Gasteiger partial charge in [0.05, 0.1) is 0 Å². The Morgan fingerprint density at radius 3 is 2.69 bits per heavy atom. The Hall–Kier alpha value is -2.08. The van der Waals surface area contributed by atoms with Gasteiger partial charge in [0, 0.05) is 51.7 Å². The van der Waals surface area contributed by atoms with Gasteiger partial charge in [-0.3, -0.25) is 14.7 Å². The van der Waals surface area contributed by atoms with Gasteiger partial charge in [0.1, 0.15) is 0 Å². The monoisotopic (exact) mass is 399 g/mol. The maximum Gasteiger partial charge on any atom is 0.224 e. The molecule has 2 heterocycles. The third-order valence-electron chi connectivity index (χ3n) is 6.21. The first-order chi connectivity index (χ1) is 14.2. The van der Waals surface area contributed by atoms with Crippen LogP contribution in [0.25, 0.3) is 0 Å². The molecule has 1 aromatic rings. The average Bonchev–Trinajstić information content (AvgIpc) is 3.18. The van der Waals surface area contributed by atoms with Gasteiger partial charge in [-0.1, -0.05) is 30.3 Å². The zero-order valence-electron chi connectivity index (χ0n) is 18.1. The summed E-state index contributed by atoms with van der Waals surface area (Å²) in [7, 11) is 1.79. The molecule has 2 N–H and O–H groups in total. The molecule has 0 saturated carbocycles. The minimum atomic E-state index is 0.255. The van der Waals surface area contributed by atoms with Crippen LogP contribution in [-0.2, 0) is 11.3 Å². The minimum absolute atomic E-state index is 0.255. The van der Waals surface area contributed by atoms with Gasteiger partial charge in [-0.15, -0.1) is 0 Å². The van der Waals surface area contributed by atoms with Crippen LogP contribution in [0.15, 0.2) is 35.3 Å². The van der Waals surface area contributed by atoms with Crippen LogP contribution in [0.2, 0.25) is 0 Å². The molecule has 0 aliphatic carbocycles. The van der Waals surface area contributed by atoms with E-state index in [0.29, 0.717) is 25.0 Å². The number of piperidine rings is 1. The van der Waals surface area contributed by atoms with Crippen LogP contribution < -0.4 is 10.6 Å². The molecule has 0 spiro atoms. The summed E-state index contributed by atoms with van der Waals surface area (Å²) < 4.78 is 0. The number of guanidine groups is 1. The van der Waals surface area contributed by atoms with E-state index in [2.05, 4.69) is 57.8 Å². The molecule has 6 heteroatoms. The fourth-order valence-corrected chi connectivity index (χ4v) is 4.49. The van der Waals surface area contributed by atoms with Crippen LogP contribution in [-0.4, -0.2) is 67.0 Å². The summed E-state index contributed by atoms with van der Waals surface area (Å²) in [6.07, 6.45) is 6.48. The number of rotatable bonds is 7. The van der Waals surface area contributed by atoms with E-state index >= 15 is 0 Å². The van der Waals surface area contributed by atoms with Crippen LogP contribution in [0.3, 0.4) is 0 Å². The van der Waals surface area contributed by atoms with Crippen molar-refractivity contribution in [3.8, 4) is 0 Å². The van der Waals surface area contributed by atoms with E-state index < -0.39 is 0 Å². The van der Waals surface area contributed by atoms with Gasteiger partial charge in [0.25, 0.3) is 0 Å². The molecular formula is C23H37N5O. The predicted molar refractivity (Wildman–Crippen MR) is 119 cm³/mol. The van der Waals surface area contributed by atoms with Gasteiger partial charge < -0.3 is 15.5 Å². The number of hydrogen-bond acceptors (Lipinski definition) is 3. The molecule has 2 aliphatic heterocycles. The van der Waals surface area contributed by atoms with Gasteiger partial charge in [0.2, 0.25) is 5.91 Å². The Morgan fingerprint density at radius 1 is 1.10 bits per heavy atom. The molecule has 2 saturated heterocycles. The first-order valence-corrected chi connectivity index (χ1v) is 11.2. The van der Waals surface area contributed by atoms with Crippen LogP contribution in [0, 0.1) is 0 Å². The molecule has 160 valence electrons. The molecule has 29 heavy (non-hydrogen) atoms. The summed E-state index contributed by atoms with van der Waals surface area (Å²) in [5.41, 5.74) is 1.37. The number of amides is 1. The lowest BCUT2D eigenvalue weighted by atomic mass is 10.0. The van der Waals surface area contributed by atoms with Gasteiger partial charge in [-0.25, -0.2) is 0 Å². The third kappa shape index (κ3) is 6.46. The minimum Gasteiger partial charge on any atom is -0.356 e. The molecule has 6 nitrogen and oxygen atoms in total.